The first kappa shape index (κ1) is 18.4. The molecule has 4 heteroatoms. The van der Waals surface area contributed by atoms with E-state index in [9.17, 15) is 4.79 Å². The summed E-state index contributed by atoms with van der Waals surface area (Å²) in [7, 11) is 0. The number of hydrogen-bond donors (Lipinski definition) is 0. The van der Waals surface area contributed by atoms with Gasteiger partial charge in [-0.1, -0.05) is 13.8 Å². The predicted molar refractivity (Wildman–Crippen MR) is 102 cm³/mol. The molecule has 27 heavy (non-hydrogen) atoms. The number of rotatable bonds is 1. The minimum atomic E-state index is -0.284. The smallest absolute Gasteiger partial charge is 0.302 e. The average Bonchev–Trinajstić information content (AvgIpc) is 3.21. The molecule has 4 nitrogen and oxygen atoms in total. The maximum absolute atomic E-state index is 11.4. The maximum atomic E-state index is 11.4. The van der Waals surface area contributed by atoms with E-state index >= 15 is 0 Å². The number of carbonyl (C=O) groups excluding carboxylic acids is 1. The summed E-state index contributed by atoms with van der Waals surface area (Å²) in [5, 5.41) is 0. The Morgan fingerprint density at radius 3 is 2.41 bits per heavy atom. The SMILES string of the molecule is CC(=O)O[C@@H]1CC[C@@]2(C)[C@@H](CC[C@H]3[C@H]2CC[C@]2(C)[C@@H]3CCC23OCCO3)C1. The normalized spacial score (nSPS) is 50.7. The Hall–Kier alpha value is -0.610. The number of esters is 1. The fourth-order valence-electron chi connectivity index (χ4n) is 8.45. The molecule has 0 aromatic rings. The summed E-state index contributed by atoms with van der Waals surface area (Å²) < 4.78 is 18.1. The summed E-state index contributed by atoms with van der Waals surface area (Å²) in [6.07, 6.45) is 11.1. The summed E-state index contributed by atoms with van der Waals surface area (Å²) in [6.45, 7) is 8.13. The summed E-state index contributed by atoms with van der Waals surface area (Å²) in [6, 6.07) is 0. The van der Waals surface area contributed by atoms with Crippen LogP contribution in [0.25, 0.3) is 0 Å². The molecule has 1 saturated heterocycles. The zero-order valence-corrected chi connectivity index (χ0v) is 17.3. The molecule has 4 saturated carbocycles. The van der Waals surface area contributed by atoms with Gasteiger partial charge in [-0.3, -0.25) is 4.79 Å². The number of hydrogen-bond acceptors (Lipinski definition) is 4. The van der Waals surface area contributed by atoms with Gasteiger partial charge in [-0.2, -0.15) is 0 Å². The van der Waals surface area contributed by atoms with E-state index in [1.165, 1.54) is 38.5 Å². The molecule has 1 heterocycles. The lowest BCUT2D eigenvalue weighted by Crippen LogP contribution is -2.57. The van der Waals surface area contributed by atoms with E-state index in [1.54, 1.807) is 6.92 Å². The monoisotopic (exact) mass is 376 g/mol. The quantitative estimate of drug-likeness (QED) is 0.622. The Kier molecular flexibility index (Phi) is 4.22. The predicted octanol–water partition coefficient (Wildman–Crippen LogP) is 4.70. The third kappa shape index (κ3) is 2.51. The fourth-order valence-corrected chi connectivity index (χ4v) is 8.45. The highest BCUT2D eigenvalue weighted by atomic mass is 16.7. The molecular weight excluding hydrogens is 340 g/mol. The number of carbonyl (C=O) groups is 1. The van der Waals surface area contributed by atoms with Crippen molar-refractivity contribution in [2.45, 2.75) is 90.4 Å². The zero-order valence-electron chi connectivity index (χ0n) is 17.3. The van der Waals surface area contributed by atoms with Gasteiger partial charge in [0.15, 0.2) is 5.79 Å². The standard InChI is InChI=1S/C23H36O4/c1-15(24)27-17-6-9-21(2)16(14-17)4-5-18-19(21)7-10-22(3)20(18)8-11-23(22)25-12-13-26-23/h16-20H,4-14H2,1-3H3/t16-,17+,18-,19+,20+,21-,22+/m0/s1. The van der Waals surface area contributed by atoms with Gasteiger partial charge in [0.2, 0.25) is 0 Å². The van der Waals surface area contributed by atoms with Gasteiger partial charge in [-0.05, 0) is 80.5 Å². The Labute approximate surface area is 163 Å². The van der Waals surface area contributed by atoms with Gasteiger partial charge in [0.05, 0.1) is 13.2 Å². The Morgan fingerprint density at radius 2 is 1.67 bits per heavy atom. The van der Waals surface area contributed by atoms with Crippen LogP contribution in [0.4, 0.5) is 0 Å². The lowest BCUT2D eigenvalue weighted by molar-refractivity contribution is -0.248. The molecule has 0 amide bonds. The van der Waals surface area contributed by atoms with Crippen LogP contribution in [0.3, 0.4) is 0 Å². The molecule has 0 bridgehead atoms. The number of fused-ring (bicyclic) bond motifs is 6. The van der Waals surface area contributed by atoms with Gasteiger partial charge in [0.1, 0.15) is 6.10 Å². The minimum absolute atomic E-state index is 0.112. The topological polar surface area (TPSA) is 44.8 Å². The van der Waals surface area contributed by atoms with Crippen molar-refractivity contribution in [1.29, 1.82) is 0 Å². The van der Waals surface area contributed by atoms with Crippen LogP contribution >= 0.6 is 0 Å². The minimum Gasteiger partial charge on any atom is -0.463 e. The van der Waals surface area contributed by atoms with Gasteiger partial charge in [0, 0.05) is 18.8 Å². The second-order valence-electron chi connectivity index (χ2n) is 10.6. The highest BCUT2D eigenvalue weighted by Gasteiger charge is 2.67. The first-order chi connectivity index (χ1) is 12.9. The van der Waals surface area contributed by atoms with E-state index in [-0.39, 0.29) is 23.3 Å². The van der Waals surface area contributed by atoms with Crippen LogP contribution in [0.2, 0.25) is 0 Å². The Balaban J connectivity index is 1.37. The largest absolute Gasteiger partial charge is 0.463 e. The van der Waals surface area contributed by atoms with E-state index in [0.29, 0.717) is 5.41 Å². The maximum Gasteiger partial charge on any atom is 0.302 e. The molecule has 4 aliphatic carbocycles. The first-order valence-corrected chi connectivity index (χ1v) is 11.3. The molecule has 5 fully saturated rings. The van der Waals surface area contributed by atoms with Gasteiger partial charge in [0.25, 0.3) is 0 Å². The molecule has 0 unspecified atom stereocenters. The molecule has 0 N–H and O–H groups in total. The van der Waals surface area contributed by atoms with Crippen molar-refractivity contribution in [2.24, 2.45) is 34.5 Å². The second-order valence-corrected chi connectivity index (χ2v) is 10.6. The molecule has 152 valence electrons. The highest BCUT2D eigenvalue weighted by Crippen LogP contribution is 2.69. The molecular formula is C23H36O4. The van der Waals surface area contributed by atoms with E-state index in [4.69, 9.17) is 14.2 Å². The van der Waals surface area contributed by atoms with E-state index in [1.807, 2.05) is 0 Å². The van der Waals surface area contributed by atoms with Crippen LogP contribution in [0, 0.1) is 34.5 Å². The van der Waals surface area contributed by atoms with Crippen LogP contribution in [0.15, 0.2) is 0 Å². The lowest BCUT2D eigenvalue weighted by Gasteiger charge is -2.61. The van der Waals surface area contributed by atoms with Crippen molar-refractivity contribution in [2.75, 3.05) is 13.2 Å². The van der Waals surface area contributed by atoms with Crippen molar-refractivity contribution in [1.82, 2.24) is 0 Å². The molecule has 5 rings (SSSR count). The van der Waals surface area contributed by atoms with Crippen molar-refractivity contribution >= 4 is 5.97 Å². The van der Waals surface area contributed by atoms with E-state index in [0.717, 1.165) is 56.1 Å². The van der Waals surface area contributed by atoms with E-state index in [2.05, 4.69) is 13.8 Å². The summed E-state index contributed by atoms with van der Waals surface area (Å²) in [5.74, 6) is 2.71. The zero-order chi connectivity index (χ0) is 18.9. The van der Waals surface area contributed by atoms with Crippen molar-refractivity contribution in [3.05, 3.63) is 0 Å². The van der Waals surface area contributed by atoms with Crippen molar-refractivity contribution < 1.29 is 19.0 Å². The highest BCUT2D eigenvalue weighted by molar-refractivity contribution is 5.66. The molecule has 7 atom stereocenters. The van der Waals surface area contributed by atoms with E-state index < -0.39 is 0 Å². The molecule has 1 aliphatic heterocycles. The molecule has 0 radical (unpaired) electrons. The van der Waals surface area contributed by atoms with Crippen LogP contribution in [0.5, 0.6) is 0 Å². The molecule has 5 aliphatic rings. The third-order valence-electron chi connectivity index (χ3n) is 9.75. The molecule has 0 aromatic carbocycles. The summed E-state index contributed by atoms with van der Waals surface area (Å²) in [5.41, 5.74) is 0.622. The van der Waals surface area contributed by atoms with Gasteiger partial charge in [-0.15, -0.1) is 0 Å². The van der Waals surface area contributed by atoms with Crippen molar-refractivity contribution in [3.63, 3.8) is 0 Å². The van der Waals surface area contributed by atoms with Crippen LogP contribution < -0.4 is 0 Å². The summed E-state index contributed by atoms with van der Waals surface area (Å²) in [4.78, 5) is 11.4. The molecule has 0 aromatic heterocycles. The number of ether oxygens (including phenoxy) is 3. The van der Waals surface area contributed by atoms with Gasteiger partial charge >= 0.3 is 5.97 Å². The Morgan fingerprint density at radius 1 is 0.926 bits per heavy atom. The Bertz CT molecular complexity index is 611. The van der Waals surface area contributed by atoms with Gasteiger partial charge < -0.3 is 14.2 Å². The second kappa shape index (κ2) is 6.19. The third-order valence-corrected chi connectivity index (χ3v) is 9.75. The fraction of sp³-hybridized carbons (Fsp3) is 0.957. The lowest BCUT2D eigenvalue weighted by atomic mass is 9.45. The average molecular weight is 377 g/mol. The van der Waals surface area contributed by atoms with Crippen LogP contribution in [0.1, 0.15) is 78.6 Å². The van der Waals surface area contributed by atoms with Crippen molar-refractivity contribution in [3.8, 4) is 0 Å². The van der Waals surface area contributed by atoms with Gasteiger partial charge in [-0.25, -0.2) is 0 Å². The summed E-state index contributed by atoms with van der Waals surface area (Å²) >= 11 is 0. The van der Waals surface area contributed by atoms with Crippen LogP contribution in [-0.2, 0) is 19.0 Å². The first-order valence-electron chi connectivity index (χ1n) is 11.3. The van der Waals surface area contributed by atoms with Crippen LogP contribution in [-0.4, -0.2) is 31.1 Å². The molecule has 1 spiro atoms.